The van der Waals surface area contributed by atoms with Crippen molar-refractivity contribution in [2.45, 2.75) is 19.5 Å². The predicted octanol–water partition coefficient (Wildman–Crippen LogP) is 0.351. The van der Waals surface area contributed by atoms with Crippen molar-refractivity contribution >= 4 is 5.91 Å². The Labute approximate surface area is 89.4 Å². The second-order valence-electron chi connectivity index (χ2n) is 3.54. The van der Waals surface area contributed by atoms with Gasteiger partial charge in [-0.05, 0) is 19.1 Å². The topological polar surface area (TPSA) is 57.5 Å². The van der Waals surface area contributed by atoms with Crippen LogP contribution >= 0.6 is 0 Å². The summed E-state index contributed by atoms with van der Waals surface area (Å²) in [6.07, 6.45) is 1.59. The van der Waals surface area contributed by atoms with E-state index in [1.165, 1.54) is 0 Å². The molecule has 0 aliphatic carbocycles. The minimum absolute atomic E-state index is 0.0555. The van der Waals surface area contributed by atoms with Gasteiger partial charge in [-0.15, -0.1) is 0 Å². The number of hydrazine groups is 1. The summed E-state index contributed by atoms with van der Waals surface area (Å²) in [5, 5.41) is 4.52. The number of rotatable bonds is 5. The van der Waals surface area contributed by atoms with Gasteiger partial charge in [0.1, 0.15) is 5.76 Å². The Morgan fingerprint density at radius 2 is 2.33 bits per heavy atom. The van der Waals surface area contributed by atoms with Crippen molar-refractivity contribution in [1.29, 1.82) is 0 Å². The van der Waals surface area contributed by atoms with E-state index in [1.807, 2.05) is 20.2 Å². The summed E-state index contributed by atoms with van der Waals surface area (Å²) in [5.74, 6) is 0.695. The van der Waals surface area contributed by atoms with Crippen molar-refractivity contribution in [1.82, 2.24) is 15.8 Å². The molecular formula is C10H17N3O2. The molecule has 0 radical (unpaired) electrons. The van der Waals surface area contributed by atoms with Crippen molar-refractivity contribution in [3.8, 4) is 0 Å². The van der Waals surface area contributed by atoms with Crippen LogP contribution in [0.2, 0.25) is 0 Å². The van der Waals surface area contributed by atoms with Crippen molar-refractivity contribution in [3.05, 3.63) is 24.2 Å². The van der Waals surface area contributed by atoms with E-state index in [2.05, 4.69) is 10.7 Å². The number of carbonyl (C=O) groups is 1. The highest BCUT2D eigenvalue weighted by molar-refractivity contribution is 5.81. The average molecular weight is 211 g/mol. The van der Waals surface area contributed by atoms with Gasteiger partial charge in [0.15, 0.2) is 0 Å². The van der Waals surface area contributed by atoms with Gasteiger partial charge in [0.05, 0.1) is 18.8 Å². The van der Waals surface area contributed by atoms with Crippen LogP contribution in [-0.2, 0) is 11.3 Å². The zero-order valence-corrected chi connectivity index (χ0v) is 9.28. The lowest BCUT2D eigenvalue weighted by atomic mass is 10.3. The Hall–Kier alpha value is -1.33. The Kier molecular flexibility index (Phi) is 4.33. The third kappa shape index (κ3) is 4.14. The standard InChI is InChI=1S/C10H17N3O2/c1-8(12-13(2)3)10(14)11-7-9-5-4-6-15-9/h4-6,8,12H,7H2,1-3H3,(H,11,14). The van der Waals surface area contributed by atoms with Crippen molar-refractivity contribution in [2.24, 2.45) is 0 Å². The smallest absolute Gasteiger partial charge is 0.238 e. The van der Waals surface area contributed by atoms with E-state index in [4.69, 9.17) is 4.42 Å². The number of nitrogens with zero attached hydrogens (tertiary/aromatic N) is 1. The molecule has 5 heteroatoms. The van der Waals surface area contributed by atoms with E-state index in [0.717, 1.165) is 5.76 Å². The first-order chi connectivity index (χ1) is 7.09. The summed E-state index contributed by atoms with van der Waals surface area (Å²) in [5.41, 5.74) is 2.96. The van der Waals surface area contributed by atoms with Crippen LogP contribution in [0.1, 0.15) is 12.7 Å². The molecule has 0 saturated heterocycles. The normalized spacial score (nSPS) is 12.8. The molecule has 0 aromatic carbocycles. The van der Waals surface area contributed by atoms with E-state index in [0.29, 0.717) is 6.54 Å². The zero-order chi connectivity index (χ0) is 11.3. The summed E-state index contributed by atoms with van der Waals surface area (Å²) in [6.45, 7) is 2.22. The molecule has 1 heterocycles. The quantitative estimate of drug-likeness (QED) is 0.690. The summed E-state index contributed by atoms with van der Waals surface area (Å²) in [6, 6.07) is 3.36. The highest BCUT2D eigenvalue weighted by atomic mass is 16.3. The first-order valence-corrected chi connectivity index (χ1v) is 4.83. The fourth-order valence-corrected chi connectivity index (χ4v) is 1.19. The van der Waals surface area contributed by atoms with Gasteiger partial charge in [-0.3, -0.25) is 4.79 Å². The van der Waals surface area contributed by atoms with E-state index in [1.54, 1.807) is 24.3 Å². The molecular weight excluding hydrogens is 194 g/mol. The minimum Gasteiger partial charge on any atom is -0.467 e. The van der Waals surface area contributed by atoms with E-state index in [9.17, 15) is 4.79 Å². The minimum atomic E-state index is -0.255. The lowest BCUT2D eigenvalue weighted by molar-refractivity contribution is -0.124. The fraction of sp³-hybridized carbons (Fsp3) is 0.500. The summed E-state index contributed by atoms with van der Waals surface area (Å²) < 4.78 is 5.10. The predicted molar refractivity (Wildman–Crippen MR) is 56.8 cm³/mol. The van der Waals surface area contributed by atoms with E-state index >= 15 is 0 Å². The van der Waals surface area contributed by atoms with Gasteiger partial charge < -0.3 is 9.73 Å². The number of carbonyl (C=O) groups excluding carboxylic acids is 1. The van der Waals surface area contributed by atoms with E-state index < -0.39 is 0 Å². The maximum atomic E-state index is 11.5. The number of hydrogen-bond donors (Lipinski definition) is 2. The Balaban J connectivity index is 2.29. The second-order valence-corrected chi connectivity index (χ2v) is 3.54. The highest BCUT2D eigenvalue weighted by Crippen LogP contribution is 1.98. The second kappa shape index (κ2) is 5.53. The molecule has 1 unspecified atom stereocenters. The van der Waals surface area contributed by atoms with Gasteiger partial charge >= 0.3 is 0 Å². The summed E-state index contributed by atoms with van der Waals surface area (Å²) >= 11 is 0. The Morgan fingerprint density at radius 3 is 2.87 bits per heavy atom. The molecule has 0 spiro atoms. The molecule has 0 saturated carbocycles. The molecule has 1 amide bonds. The molecule has 84 valence electrons. The molecule has 5 nitrogen and oxygen atoms in total. The maximum absolute atomic E-state index is 11.5. The van der Waals surface area contributed by atoms with Crippen LogP contribution in [0.4, 0.5) is 0 Å². The van der Waals surface area contributed by atoms with Gasteiger partial charge in [0.25, 0.3) is 0 Å². The molecule has 15 heavy (non-hydrogen) atoms. The molecule has 1 aromatic rings. The van der Waals surface area contributed by atoms with Gasteiger partial charge in [-0.2, -0.15) is 0 Å². The molecule has 2 N–H and O–H groups in total. The Bertz CT molecular complexity index is 296. The van der Waals surface area contributed by atoms with Crippen LogP contribution < -0.4 is 10.7 Å². The first-order valence-electron chi connectivity index (χ1n) is 4.83. The van der Waals surface area contributed by atoms with Crippen LogP contribution in [0.3, 0.4) is 0 Å². The van der Waals surface area contributed by atoms with Gasteiger partial charge in [0.2, 0.25) is 5.91 Å². The Morgan fingerprint density at radius 1 is 1.60 bits per heavy atom. The summed E-state index contributed by atoms with van der Waals surface area (Å²) in [4.78, 5) is 11.5. The third-order valence-corrected chi connectivity index (χ3v) is 1.86. The third-order valence-electron chi connectivity index (χ3n) is 1.86. The van der Waals surface area contributed by atoms with Crippen LogP contribution in [0, 0.1) is 0 Å². The van der Waals surface area contributed by atoms with Crippen LogP contribution in [0.25, 0.3) is 0 Å². The number of furan rings is 1. The van der Waals surface area contributed by atoms with Gasteiger partial charge in [0, 0.05) is 14.1 Å². The van der Waals surface area contributed by atoms with Crippen LogP contribution in [0.15, 0.2) is 22.8 Å². The molecule has 1 atom stereocenters. The monoisotopic (exact) mass is 211 g/mol. The SMILES string of the molecule is CC(NN(C)C)C(=O)NCc1ccco1. The molecule has 1 rings (SSSR count). The van der Waals surface area contributed by atoms with Crippen molar-refractivity contribution in [2.75, 3.05) is 14.1 Å². The van der Waals surface area contributed by atoms with Gasteiger partial charge in [-0.25, -0.2) is 10.4 Å². The van der Waals surface area contributed by atoms with Crippen LogP contribution in [0.5, 0.6) is 0 Å². The van der Waals surface area contributed by atoms with Crippen molar-refractivity contribution < 1.29 is 9.21 Å². The molecule has 0 aliphatic rings. The highest BCUT2D eigenvalue weighted by Gasteiger charge is 2.12. The summed E-state index contributed by atoms with van der Waals surface area (Å²) in [7, 11) is 3.69. The van der Waals surface area contributed by atoms with Crippen LogP contribution in [-0.4, -0.2) is 31.1 Å². The van der Waals surface area contributed by atoms with Crippen molar-refractivity contribution in [3.63, 3.8) is 0 Å². The lowest BCUT2D eigenvalue weighted by Crippen LogP contribution is -2.47. The molecule has 1 aromatic heterocycles. The van der Waals surface area contributed by atoms with Gasteiger partial charge in [-0.1, -0.05) is 0 Å². The molecule has 0 fully saturated rings. The molecule has 0 bridgehead atoms. The largest absolute Gasteiger partial charge is 0.467 e. The van der Waals surface area contributed by atoms with E-state index in [-0.39, 0.29) is 11.9 Å². The molecule has 0 aliphatic heterocycles. The lowest BCUT2D eigenvalue weighted by Gasteiger charge is -2.18. The fourth-order valence-electron chi connectivity index (χ4n) is 1.19. The zero-order valence-electron chi connectivity index (χ0n) is 9.28. The maximum Gasteiger partial charge on any atom is 0.238 e. The first kappa shape index (κ1) is 11.7. The number of hydrogen-bond acceptors (Lipinski definition) is 4. The number of nitrogens with one attached hydrogen (secondary N) is 2. The average Bonchev–Trinajstić information content (AvgIpc) is 2.65. The number of amides is 1.